The second-order valence-corrected chi connectivity index (χ2v) is 8.09. The van der Waals surface area contributed by atoms with Crippen molar-refractivity contribution in [2.24, 2.45) is 0 Å². The van der Waals surface area contributed by atoms with Crippen molar-refractivity contribution in [2.45, 2.75) is 51.4 Å². The molecule has 0 N–H and O–H groups in total. The van der Waals surface area contributed by atoms with E-state index in [0.717, 1.165) is 5.56 Å². The lowest BCUT2D eigenvalue weighted by atomic mass is 9.74. The maximum absolute atomic E-state index is 13.9. The lowest BCUT2D eigenvalue weighted by molar-refractivity contribution is -0.155. The molecule has 2 aliphatic rings. The molecule has 0 saturated carbocycles. The number of hydrogen-bond acceptors (Lipinski definition) is 7. The highest BCUT2D eigenvalue weighted by molar-refractivity contribution is 6.08. The lowest BCUT2D eigenvalue weighted by Gasteiger charge is -2.35. The van der Waals surface area contributed by atoms with Gasteiger partial charge in [0, 0.05) is 25.0 Å². The Morgan fingerprint density at radius 2 is 1.81 bits per heavy atom. The number of carbonyl (C=O) groups excluding carboxylic acids is 3. The van der Waals surface area contributed by atoms with Gasteiger partial charge in [-0.3, -0.25) is 14.4 Å². The number of hydrogen-bond donors (Lipinski definition) is 0. The summed E-state index contributed by atoms with van der Waals surface area (Å²) in [6.07, 6.45) is -1.14. The molecule has 1 aliphatic heterocycles. The summed E-state index contributed by atoms with van der Waals surface area (Å²) in [5.41, 5.74) is 0.494. The summed E-state index contributed by atoms with van der Waals surface area (Å²) in [4.78, 5) is 37.9. The van der Waals surface area contributed by atoms with Gasteiger partial charge in [0.1, 0.15) is 23.7 Å². The summed E-state index contributed by atoms with van der Waals surface area (Å²) in [5, 5.41) is 0. The van der Waals surface area contributed by atoms with Crippen molar-refractivity contribution < 1.29 is 33.3 Å². The Balaban J connectivity index is 1.95. The highest BCUT2D eigenvalue weighted by Crippen LogP contribution is 2.58. The van der Waals surface area contributed by atoms with E-state index in [4.69, 9.17) is 18.9 Å². The van der Waals surface area contributed by atoms with E-state index in [1.54, 1.807) is 30.3 Å². The number of Topliss-reactive ketones (excluding diaryl/α,β-unsaturated/α-hetero) is 1. The number of esters is 2. The summed E-state index contributed by atoms with van der Waals surface area (Å²) in [6.45, 7) is 6.52. The number of epoxide rings is 1. The molecule has 0 aromatic heterocycles. The van der Waals surface area contributed by atoms with Crippen molar-refractivity contribution in [3.8, 4) is 11.5 Å². The fraction of sp³-hybridized carbons (Fsp3) is 0.375. The van der Waals surface area contributed by atoms with Crippen LogP contribution in [0.4, 0.5) is 0 Å². The highest BCUT2D eigenvalue weighted by atomic mass is 16.6. The molecular weight excluding hydrogens is 400 g/mol. The van der Waals surface area contributed by atoms with Crippen LogP contribution in [0.5, 0.6) is 11.5 Å². The molecule has 0 radical (unpaired) electrons. The zero-order valence-electron chi connectivity index (χ0n) is 18.1. The van der Waals surface area contributed by atoms with E-state index in [1.807, 2.05) is 19.9 Å². The molecule has 3 atom stereocenters. The third-order valence-corrected chi connectivity index (χ3v) is 5.67. The van der Waals surface area contributed by atoms with Gasteiger partial charge in [-0.05, 0) is 35.2 Å². The number of fused-ring (bicyclic) bond motifs is 3. The van der Waals surface area contributed by atoms with Gasteiger partial charge in [-0.1, -0.05) is 32.0 Å². The van der Waals surface area contributed by atoms with Crippen molar-refractivity contribution in [2.75, 3.05) is 7.11 Å². The Hall–Kier alpha value is -3.19. The monoisotopic (exact) mass is 424 g/mol. The molecule has 1 saturated heterocycles. The smallest absolute Gasteiger partial charge is 0.308 e. The third kappa shape index (κ3) is 3.39. The molecule has 0 spiro atoms. The topological polar surface area (TPSA) is 91.4 Å². The molecule has 7 heteroatoms. The largest absolute Gasteiger partial charge is 0.497 e. The van der Waals surface area contributed by atoms with Crippen LogP contribution in [0.15, 0.2) is 36.4 Å². The Morgan fingerprint density at radius 3 is 2.42 bits per heavy atom. The Bertz CT molecular complexity index is 1090. The van der Waals surface area contributed by atoms with Crippen LogP contribution in [-0.4, -0.2) is 30.9 Å². The fourth-order valence-corrected chi connectivity index (χ4v) is 4.20. The zero-order chi connectivity index (χ0) is 22.5. The van der Waals surface area contributed by atoms with Gasteiger partial charge in [0.05, 0.1) is 7.11 Å². The summed E-state index contributed by atoms with van der Waals surface area (Å²) in [5.74, 6) is -0.799. The van der Waals surface area contributed by atoms with Crippen LogP contribution in [0, 0.1) is 0 Å². The summed E-state index contributed by atoms with van der Waals surface area (Å²) in [7, 11) is 1.51. The molecule has 0 amide bonds. The van der Waals surface area contributed by atoms with E-state index < -0.39 is 35.5 Å². The van der Waals surface area contributed by atoms with Gasteiger partial charge in [-0.25, -0.2) is 0 Å². The number of ketones is 1. The first-order valence-electron chi connectivity index (χ1n) is 10.1. The number of ether oxygens (including phenoxy) is 4. The molecule has 2 aromatic rings. The van der Waals surface area contributed by atoms with Crippen molar-refractivity contribution in [3.05, 3.63) is 58.7 Å². The molecule has 1 heterocycles. The molecule has 4 rings (SSSR count). The Kier molecular flexibility index (Phi) is 5.09. The van der Waals surface area contributed by atoms with Crippen molar-refractivity contribution in [1.29, 1.82) is 0 Å². The minimum Gasteiger partial charge on any atom is -0.497 e. The van der Waals surface area contributed by atoms with Crippen LogP contribution >= 0.6 is 0 Å². The Morgan fingerprint density at radius 1 is 1.06 bits per heavy atom. The molecule has 0 bridgehead atoms. The van der Waals surface area contributed by atoms with E-state index in [-0.39, 0.29) is 17.2 Å². The van der Waals surface area contributed by atoms with Gasteiger partial charge in [0.15, 0.2) is 0 Å². The molecule has 31 heavy (non-hydrogen) atoms. The Labute approximate surface area is 180 Å². The van der Waals surface area contributed by atoms with Crippen LogP contribution in [0.25, 0.3) is 0 Å². The van der Waals surface area contributed by atoms with Crippen molar-refractivity contribution in [3.63, 3.8) is 0 Å². The normalized spacial score (nSPS) is 23.6. The first-order chi connectivity index (χ1) is 14.7. The average Bonchev–Trinajstić information content (AvgIpc) is 3.51. The van der Waals surface area contributed by atoms with Crippen LogP contribution in [0.1, 0.15) is 66.8 Å². The molecule has 1 aliphatic carbocycles. The predicted molar refractivity (Wildman–Crippen MR) is 110 cm³/mol. The SMILES string of the molecule is COc1ccc2c(c1)C(=O)C(OC(C)=O)(c1ccc(C(C)C)cc1OC(C)=O)C1OC21. The van der Waals surface area contributed by atoms with Gasteiger partial charge in [-0.15, -0.1) is 0 Å². The minimum absolute atomic E-state index is 0.157. The summed E-state index contributed by atoms with van der Waals surface area (Å²) >= 11 is 0. The standard InChI is InChI=1S/C24H24O7/c1-12(2)15-6-9-19(20(10-15)29-13(3)25)24(31-14(4)26)22(27)18-11-16(28-5)7-8-17(18)21-23(24)30-21/h6-12,21,23H,1-5H3. The minimum atomic E-state index is -1.77. The van der Waals surface area contributed by atoms with Crippen LogP contribution < -0.4 is 9.47 Å². The van der Waals surface area contributed by atoms with E-state index in [2.05, 4.69) is 0 Å². The first-order valence-corrected chi connectivity index (χ1v) is 10.1. The number of benzene rings is 2. The van der Waals surface area contributed by atoms with Crippen molar-refractivity contribution in [1.82, 2.24) is 0 Å². The van der Waals surface area contributed by atoms with E-state index in [9.17, 15) is 14.4 Å². The maximum atomic E-state index is 13.9. The number of carbonyl (C=O) groups is 3. The molecular formula is C24H24O7. The number of rotatable bonds is 5. The van der Waals surface area contributed by atoms with Crippen LogP contribution in [0.3, 0.4) is 0 Å². The second kappa shape index (κ2) is 7.50. The predicted octanol–water partition coefficient (Wildman–Crippen LogP) is 3.84. The number of methoxy groups -OCH3 is 1. The molecule has 3 unspecified atom stereocenters. The van der Waals surface area contributed by atoms with Gasteiger partial charge >= 0.3 is 11.9 Å². The van der Waals surface area contributed by atoms with Crippen LogP contribution in [0.2, 0.25) is 0 Å². The first kappa shape index (κ1) is 21.1. The summed E-state index contributed by atoms with van der Waals surface area (Å²) < 4.78 is 22.4. The summed E-state index contributed by atoms with van der Waals surface area (Å²) in [6, 6.07) is 10.4. The average molecular weight is 424 g/mol. The molecule has 2 aromatic carbocycles. The van der Waals surface area contributed by atoms with E-state index in [0.29, 0.717) is 16.9 Å². The molecule has 7 nitrogen and oxygen atoms in total. The fourth-order valence-electron chi connectivity index (χ4n) is 4.20. The van der Waals surface area contributed by atoms with Gasteiger partial charge in [0.25, 0.3) is 0 Å². The lowest BCUT2D eigenvalue weighted by Crippen LogP contribution is -2.48. The maximum Gasteiger partial charge on any atom is 0.308 e. The van der Waals surface area contributed by atoms with Crippen LogP contribution in [-0.2, 0) is 24.7 Å². The highest BCUT2D eigenvalue weighted by Gasteiger charge is 2.68. The third-order valence-electron chi connectivity index (χ3n) is 5.67. The van der Waals surface area contributed by atoms with Gasteiger partial charge < -0.3 is 18.9 Å². The van der Waals surface area contributed by atoms with E-state index in [1.165, 1.54) is 21.0 Å². The second-order valence-electron chi connectivity index (χ2n) is 8.09. The quantitative estimate of drug-likeness (QED) is 0.409. The van der Waals surface area contributed by atoms with Gasteiger partial charge in [0.2, 0.25) is 11.4 Å². The van der Waals surface area contributed by atoms with E-state index >= 15 is 0 Å². The zero-order valence-corrected chi connectivity index (χ0v) is 18.1. The molecule has 162 valence electrons. The molecule has 1 fully saturated rings. The van der Waals surface area contributed by atoms with Gasteiger partial charge in [-0.2, -0.15) is 0 Å². The van der Waals surface area contributed by atoms with Crippen molar-refractivity contribution >= 4 is 17.7 Å².